The summed E-state index contributed by atoms with van der Waals surface area (Å²) in [6.45, 7) is 7.59. The lowest BCUT2D eigenvalue weighted by Crippen LogP contribution is -2.45. The predicted molar refractivity (Wildman–Crippen MR) is 77.2 cm³/mol. The molecule has 19 heavy (non-hydrogen) atoms. The molecule has 4 nitrogen and oxygen atoms in total. The summed E-state index contributed by atoms with van der Waals surface area (Å²) in [5.74, 6) is 0. The van der Waals surface area contributed by atoms with Crippen molar-refractivity contribution in [3.8, 4) is 0 Å². The molecular formula is C15H21N3O. The van der Waals surface area contributed by atoms with E-state index >= 15 is 0 Å². The Hall–Kier alpha value is -1.36. The number of para-hydroxylation sites is 1. The van der Waals surface area contributed by atoms with Gasteiger partial charge in [0.05, 0.1) is 6.26 Å². The van der Waals surface area contributed by atoms with Crippen LogP contribution in [-0.2, 0) is 6.54 Å². The quantitative estimate of drug-likeness (QED) is 0.797. The van der Waals surface area contributed by atoms with Gasteiger partial charge in [-0.05, 0) is 6.07 Å². The molecule has 1 aromatic heterocycles. The third-order valence-corrected chi connectivity index (χ3v) is 3.69. The van der Waals surface area contributed by atoms with E-state index in [4.69, 9.17) is 4.42 Å². The summed E-state index contributed by atoms with van der Waals surface area (Å²) in [5.41, 5.74) is 2.22. The maximum absolute atomic E-state index is 5.54. The minimum atomic E-state index is 0.878. The van der Waals surface area contributed by atoms with E-state index < -0.39 is 0 Å². The lowest BCUT2D eigenvalue weighted by atomic mass is 10.2. The summed E-state index contributed by atoms with van der Waals surface area (Å²) in [6, 6.07) is 8.20. The number of benzene rings is 1. The van der Waals surface area contributed by atoms with Crippen LogP contribution in [0.15, 0.2) is 34.9 Å². The Morgan fingerprint density at radius 2 is 2.05 bits per heavy atom. The topological polar surface area (TPSA) is 40.4 Å². The second-order valence-corrected chi connectivity index (χ2v) is 5.03. The van der Waals surface area contributed by atoms with Crippen LogP contribution in [0.1, 0.15) is 5.56 Å². The van der Waals surface area contributed by atoms with Crippen LogP contribution in [0, 0.1) is 0 Å². The van der Waals surface area contributed by atoms with Gasteiger partial charge in [0.2, 0.25) is 0 Å². The summed E-state index contributed by atoms with van der Waals surface area (Å²) >= 11 is 0. The number of piperazine rings is 1. The van der Waals surface area contributed by atoms with Gasteiger partial charge < -0.3 is 15.1 Å². The van der Waals surface area contributed by atoms with Crippen LogP contribution < -0.4 is 10.6 Å². The largest absolute Gasteiger partial charge is 0.464 e. The number of nitrogens with one attached hydrogen (secondary N) is 2. The first kappa shape index (κ1) is 12.7. The van der Waals surface area contributed by atoms with Crippen molar-refractivity contribution in [2.45, 2.75) is 6.54 Å². The second kappa shape index (κ2) is 6.19. The summed E-state index contributed by atoms with van der Waals surface area (Å²) in [6.07, 6.45) is 1.86. The standard InChI is InChI=1S/C15H21N3O/c1-2-4-15-14(3-1)13(12-19-15)11-17-7-10-18-8-5-16-6-9-18/h1-4,12,16-17H,5-11H2. The van der Waals surface area contributed by atoms with Crippen molar-refractivity contribution in [3.63, 3.8) is 0 Å². The molecule has 1 fully saturated rings. The van der Waals surface area contributed by atoms with Crippen molar-refractivity contribution < 1.29 is 4.42 Å². The predicted octanol–water partition coefficient (Wildman–Crippen LogP) is 1.43. The van der Waals surface area contributed by atoms with Crippen LogP contribution in [0.3, 0.4) is 0 Å². The molecule has 1 aliphatic heterocycles. The third kappa shape index (κ3) is 3.15. The Morgan fingerprint density at radius 3 is 2.95 bits per heavy atom. The van der Waals surface area contributed by atoms with Crippen molar-refractivity contribution in [2.24, 2.45) is 0 Å². The fourth-order valence-corrected chi connectivity index (χ4v) is 2.56. The highest BCUT2D eigenvalue weighted by Crippen LogP contribution is 2.20. The Labute approximate surface area is 113 Å². The first-order valence-electron chi connectivity index (χ1n) is 7.02. The molecule has 1 saturated heterocycles. The van der Waals surface area contributed by atoms with Crippen molar-refractivity contribution in [1.29, 1.82) is 0 Å². The highest BCUT2D eigenvalue weighted by atomic mass is 16.3. The van der Waals surface area contributed by atoms with Crippen LogP contribution in [0.25, 0.3) is 11.0 Å². The second-order valence-electron chi connectivity index (χ2n) is 5.03. The first-order valence-corrected chi connectivity index (χ1v) is 7.02. The molecule has 102 valence electrons. The minimum Gasteiger partial charge on any atom is -0.464 e. The third-order valence-electron chi connectivity index (χ3n) is 3.69. The molecule has 0 aliphatic carbocycles. The van der Waals surface area contributed by atoms with Gasteiger partial charge in [-0.1, -0.05) is 18.2 Å². The minimum absolute atomic E-state index is 0.878. The molecule has 0 unspecified atom stereocenters. The first-order chi connectivity index (χ1) is 9.43. The van der Waals surface area contributed by atoms with E-state index in [9.17, 15) is 0 Å². The highest BCUT2D eigenvalue weighted by molar-refractivity contribution is 5.80. The smallest absolute Gasteiger partial charge is 0.134 e. The molecule has 0 saturated carbocycles. The van der Waals surface area contributed by atoms with E-state index in [1.54, 1.807) is 0 Å². The van der Waals surface area contributed by atoms with E-state index in [0.717, 1.165) is 51.4 Å². The Kier molecular flexibility index (Phi) is 4.13. The van der Waals surface area contributed by atoms with Crippen molar-refractivity contribution >= 4 is 11.0 Å². The van der Waals surface area contributed by atoms with Gasteiger partial charge in [-0.3, -0.25) is 4.90 Å². The number of furan rings is 1. The van der Waals surface area contributed by atoms with Crippen LogP contribution in [-0.4, -0.2) is 44.2 Å². The molecule has 3 rings (SSSR count). The van der Waals surface area contributed by atoms with Gasteiger partial charge in [-0.15, -0.1) is 0 Å². The molecule has 1 aliphatic rings. The molecule has 0 atom stereocenters. The monoisotopic (exact) mass is 259 g/mol. The zero-order valence-electron chi connectivity index (χ0n) is 11.2. The van der Waals surface area contributed by atoms with Gasteiger partial charge in [0.1, 0.15) is 5.58 Å². The van der Waals surface area contributed by atoms with Crippen LogP contribution in [0.4, 0.5) is 0 Å². The van der Waals surface area contributed by atoms with E-state index in [0.29, 0.717) is 0 Å². The molecule has 0 amide bonds. The molecule has 0 spiro atoms. The van der Waals surface area contributed by atoms with Crippen molar-refractivity contribution in [2.75, 3.05) is 39.3 Å². The van der Waals surface area contributed by atoms with Gasteiger partial charge in [0.15, 0.2) is 0 Å². The van der Waals surface area contributed by atoms with Gasteiger partial charge in [0.25, 0.3) is 0 Å². The van der Waals surface area contributed by atoms with E-state index in [1.165, 1.54) is 10.9 Å². The summed E-state index contributed by atoms with van der Waals surface area (Å²) in [4.78, 5) is 2.50. The van der Waals surface area contributed by atoms with Crippen molar-refractivity contribution in [3.05, 3.63) is 36.1 Å². The summed E-state index contributed by atoms with van der Waals surface area (Å²) in [5, 5.41) is 8.10. The molecular weight excluding hydrogens is 238 g/mol. The highest BCUT2D eigenvalue weighted by Gasteiger charge is 2.08. The number of rotatable bonds is 5. The van der Waals surface area contributed by atoms with Crippen LogP contribution in [0.5, 0.6) is 0 Å². The fourth-order valence-electron chi connectivity index (χ4n) is 2.56. The number of hydrogen-bond acceptors (Lipinski definition) is 4. The average molecular weight is 259 g/mol. The maximum atomic E-state index is 5.54. The normalized spacial score (nSPS) is 17.1. The van der Waals surface area contributed by atoms with Crippen LogP contribution in [0.2, 0.25) is 0 Å². The van der Waals surface area contributed by atoms with E-state index in [-0.39, 0.29) is 0 Å². The summed E-state index contributed by atoms with van der Waals surface area (Å²) in [7, 11) is 0. The molecule has 2 N–H and O–H groups in total. The summed E-state index contributed by atoms with van der Waals surface area (Å²) < 4.78 is 5.54. The van der Waals surface area contributed by atoms with Gasteiger partial charge in [-0.2, -0.15) is 0 Å². The number of nitrogens with zero attached hydrogens (tertiary/aromatic N) is 1. The molecule has 2 heterocycles. The Bertz CT molecular complexity index is 517. The Morgan fingerprint density at radius 1 is 1.21 bits per heavy atom. The molecule has 0 radical (unpaired) electrons. The van der Waals surface area contributed by atoms with Gasteiger partial charge >= 0.3 is 0 Å². The molecule has 1 aromatic carbocycles. The lowest BCUT2D eigenvalue weighted by molar-refractivity contribution is 0.241. The molecule has 0 bridgehead atoms. The Balaban J connectivity index is 1.47. The number of hydrogen-bond donors (Lipinski definition) is 2. The zero-order chi connectivity index (χ0) is 12.9. The molecule has 2 aromatic rings. The molecule has 4 heteroatoms. The van der Waals surface area contributed by atoms with Crippen LogP contribution >= 0.6 is 0 Å². The van der Waals surface area contributed by atoms with Gasteiger partial charge in [0, 0.05) is 56.8 Å². The van der Waals surface area contributed by atoms with Gasteiger partial charge in [-0.25, -0.2) is 0 Å². The van der Waals surface area contributed by atoms with E-state index in [2.05, 4.69) is 27.7 Å². The maximum Gasteiger partial charge on any atom is 0.134 e. The fraction of sp³-hybridized carbons (Fsp3) is 0.467. The SMILES string of the molecule is c1ccc2c(CNCCN3CCNCC3)coc2c1. The number of fused-ring (bicyclic) bond motifs is 1. The van der Waals surface area contributed by atoms with Crippen molar-refractivity contribution in [1.82, 2.24) is 15.5 Å². The average Bonchev–Trinajstić information content (AvgIpc) is 2.88. The lowest BCUT2D eigenvalue weighted by Gasteiger charge is -2.27. The van der Waals surface area contributed by atoms with E-state index in [1.807, 2.05) is 18.4 Å². The zero-order valence-corrected chi connectivity index (χ0v) is 11.2.